The molecule has 208 valence electrons. The Morgan fingerprint density at radius 3 is 2.12 bits per heavy atom. The Morgan fingerprint density at radius 2 is 1.54 bits per heavy atom. The number of hydrogen-bond acceptors (Lipinski definition) is 5. The van der Waals surface area contributed by atoms with Crippen molar-refractivity contribution in [2.24, 2.45) is 0 Å². The molecule has 1 saturated heterocycles. The molecule has 3 aromatic carbocycles. The van der Waals surface area contributed by atoms with Crippen molar-refractivity contribution in [3.8, 4) is 16.8 Å². The van der Waals surface area contributed by atoms with Crippen molar-refractivity contribution in [2.75, 3.05) is 13.2 Å². The van der Waals surface area contributed by atoms with Gasteiger partial charge in [0.05, 0.1) is 16.9 Å². The van der Waals surface area contributed by atoms with Crippen molar-refractivity contribution >= 4 is 19.3 Å². The van der Waals surface area contributed by atoms with Crippen LogP contribution in [0.3, 0.4) is 0 Å². The molecule has 2 heterocycles. The number of nitrogens with one attached hydrogen (secondary N) is 1. The number of hydrogen-bond donors (Lipinski definition) is 1. The van der Waals surface area contributed by atoms with E-state index in [1.165, 1.54) is 22.3 Å². The summed E-state index contributed by atoms with van der Waals surface area (Å²) in [5.41, 5.74) is 6.44. The van der Waals surface area contributed by atoms with Crippen LogP contribution in [-0.4, -0.2) is 47.3 Å². The Kier molecular flexibility index (Phi) is 7.05. The van der Waals surface area contributed by atoms with Gasteiger partial charge in [0.15, 0.2) is 0 Å². The van der Waals surface area contributed by atoms with Crippen LogP contribution in [0.2, 0.25) is 0 Å². The summed E-state index contributed by atoms with van der Waals surface area (Å²) in [4.78, 5) is 13.0. The third-order valence-corrected chi connectivity index (χ3v) is 8.35. The molecule has 1 aromatic heterocycles. The molecule has 2 aliphatic rings. The average molecular weight is 547 g/mol. The van der Waals surface area contributed by atoms with Gasteiger partial charge in [-0.25, -0.2) is 9.48 Å². The van der Waals surface area contributed by atoms with Crippen molar-refractivity contribution < 1.29 is 18.8 Å². The zero-order chi connectivity index (χ0) is 28.6. The second-order valence-electron chi connectivity index (χ2n) is 11.5. The smallest absolute Gasteiger partial charge is 0.449 e. The maximum absolute atomic E-state index is 13.0. The first-order chi connectivity index (χ1) is 19.7. The lowest BCUT2D eigenvalue weighted by Crippen LogP contribution is -2.41. The van der Waals surface area contributed by atoms with E-state index in [4.69, 9.17) is 14.0 Å². The van der Waals surface area contributed by atoms with Crippen LogP contribution in [0.4, 0.5) is 4.79 Å². The van der Waals surface area contributed by atoms with E-state index < -0.39 is 24.4 Å². The van der Waals surface area contributed by atoms with E-state index >= 15 is 0 Å². The highest BCUT2D eigenvalue weighted by atomic mass is 16.7. The quantitative estimate of drug-likeness (QED) is 0.270. The number of carbonyl (C=O) groups is 1. The molecule has 0 radical (unpaired) electrons. The fourth-order valence-electron chi connectivity index (χ4n) is 5.38. The van der Waals surface area contributed by atoms with Crippen molar-refractivity contribution in [3.05, 3.63) is 113 Å². The number of aromatic nitrogens is 2. The molecule has 1 N–H and O–H groups in total. The number of carbonyl (C=O) groups excluding carboxylic acids is 1. The third kappa shape index (κ3) is 5.33. The molecular formula is C33H34BN3O4. The van der Waals surface area contributed by atoms with Crippen LogP contribution in [0.1, 0.15) is 50.3 Å². The monoisotopic (exact) mass is 547 g/mol. The Bertz CT molecular complexity index is 1520. The largest absolute Gasteiger partial charge is 0.492 e. The third-order valence-electron chi connectivity index (χ3n) is 8.35. The lowest BCUT2D eigenvalue weighted by atomic mass is 9.77. The van der Waals surface area contributed by atoms with Gasteiger partial charge >= 0.3 is 13.2 Å². The molecule has 6 rings (SSSR count). The van der Waals surface area contributed by atoms with E-state index in [0.29, 0.717) is 0 Å². The van der Waals surface area contributed by atoms with Crippen LogP contribution in [-0.2, 0) is 14.0 Å². The molecule has 8 heteroatoms. The fourth-order valence-corrected chi connectivity index (χ4v) is 5.38. The number of nitrogens with zero attached hydrogens (tertiary/aromatic N) is 2. The van der Waals surface area contributed by atoms with Gasteiger partial charge in [-0.2, -0.15) is 5.10 Å². The molecule has 0 unspecified atom stereocenters. The second-order valence-corrected chi connectivity index (χ2v) is 11.5. The van der Waals surface area contributed by atoms with Crippen LogP contribution >= 0.6 is 0 Å². The lowest BCUT2D eigenvalue weighted by molar-refractivity contribution is 0.00578. The van der Waals surface area contributed by atoms with Gasteiger partial charge < -0.3 is 19.4 Å². The summed E-state index contributed by atoms with van der Waals surface area (Å²) in [6.07, 6.45) is 5.17. The predicted octanol–water partition coefficient (Wildman–Crippen LogP) is 6.43. The minimum absolute atomic E-state index is 0.000407. The number of fused-ring (bicyclic) bond motifs is 3. The summed E-state index contributed by atoms with van der Waals surface area (Å²) < 4.78 is 20.3. The molecule has 0 atom stereocenters. The van der Waals surface area contributed by atoms with Gasteiger partial charge in [0.1, 0.15) is 6.61 Å². The molecule has 0 saturated carbocycles. The highest BCUT2D eigenvalue weighted by Crippen LogP contribution is 2.44. The first kappa shape index (κ1) is 27.1. The topological polar surface area (TPSA) is 74.6 Å². The molecule has 0 bridgehead atoms. The summed E-state index contributed by atoms with van der Waals surface area (Å²) in [5.74, 6) is -0.000407. The van der Waals surface area contributed by atoms with Crippen LogP contribution in [0.25, 0.3) is 22.9 Å². The summed E-state index contributed by atoms with van der Waals surface area (Å²) in [6, 6.07) is 26.5. The van der Waals surface area contributed by atoms with E-state index in [2.05, 4.69) is 34.7 Å². The molecule has 1 aliphatic heterocycles. The van der Waals surface area contributed by atoms with Gasteiger partial charge in [-0.3, -0.25) is 0 Å². The number of ether oxygens (including phenoxy) is 1. The molecule has 0 spiro atoms. The molecule has 1 fully saturated rings. The Morgan fingerprint density at radius 1 is 0.927 bits per heavy atom. The van der Waals surface area contributed by atoms with Crippen molar-refractivity contribution in [2.45, 2.75) is 44.8 Å². The van der Waals surface area contributed by atoms with Gasteiger partial charge in [0.2, 0.25) is 0 Å². The summed E-state index contributed by atoms with van der Waals surface area (Å²) in [5, 5.41) is 7.23. The molecule has 41 heavy (non-hydrogen) atoms. The van der Waals surface area contributed by atoms with Crippen LogP contribution in [0, 0.1) is 0 Å². The van der Waals surface area contributed by atoms with Gasteiger partial charge in [-0.05, 0) is 79.2 Å². The summed E-state index contributed by atoms with van der Waals surface area (Å²) in [7, 11) is -0.611. The van der Waals surface area contributed by atoms with E-state index in [1.807, 2.05) is 94.6 Å². The minimum atomic E-state index is -0.611. The van der Waals surface area contributed by atoms with E-state index in [1.54, 1.807) is 10.9 Å². The van der Waals surface area contributed by atoms with Crippen LogP contribution in [0.5, 0.6) is 0 Å². The van der Waals surface area contributed by atoms with Crippen LogP contribution in [0.15, 0.2) is 96.7 Å². The number of alkyl carbamates (subject to hydrolysis) is 1. The van der Waals surface area contributed by atoms with Gasteiger partial charge in [-0.15, -0.1) is 0 Å². The van der Waals surface area contributed by atoms with E-state index in [9.17, 15) is 4.79 Å². The molecule has 7 nitrogen and oxygen atoms in total. The zero-order valence-corrected chi connectivity index (χ0v) is 23.8. The van der Waals surface area contributed by atoms with Gasteiger partial charge in [0.25, 0.3) is 0 Å². The highest BCUT2D eigenvalue weighted by molar-refractivity contribution is 6.56. The molecule has 4 aromatic rings. The first-order valence-electron chi connectivity index (χ1n) is 14.0. The maximum Gasteiger partial charge on any atom is 0.492 e. The SMILES string of the molecule is CC1(C)OB(C(=Cc2ccc(-n3cccn3)cc2)CNC(=O)OCC2c3ccccc3-c3ccccc32)OC1(C)C. The van der Waals surface area contributed by atoms with Gasteiger partial charge in [0, 0.05) is 24.9 Å². The predicted molar refractivity (Wildman–Crippen MR) is 161 cm³/mol. The summed E-state index contributed by atoms with van der Waals surface area (Å²) >= 11 is 0. The van der Waals surface area contributed by atoms with E-state index in [0.717, 1.165) is 16.7 Å². The number of amides is 1. The van der Waals surface area contributed by atoms with E-state index in [-0.39, 0.29) is 19.1 Å². The standard InChI is InChI=1S/C33H34BN3O4/c1-32(2)33(3,4)41-34(40-32)24(20-23-14-16-25(17-15-23)37-19-9-18-36-37)21-35-31(38)39-22-30-28-12-7-5-10-26(28)27-11-6-8-13-29(27)30/h5-20,30H,21-22H2,1-4H3,(H,35,38). The summed E-state index contributed by atoms with van der Waals surface area (Å²) in [6.45, 7) is 8.54. The molecular weight excluding hydrogens is 513 g/mol. The van der Waals surface area contributed by atoms with Crippen LogP contribution < -0.4 is 5.32 Å². The lowest BCUT2D eigenvalue weighted by Gasteiger charge is -2.32. The van der Waals surface area contributed by atoms with Crippen molar-refractivity contribution in [3.63, 3.8) is 0 Å². The number of rotatable bonds is 7. The van der Waals surface area contributed by atoms with Gasteiger partial charge in [-0.1, -0.05) is 66.7 Å². The number of benzene rings is 3. The first-order valence-corrected chi connectivity index (χ1v) is 14.0. The Hall–Kier alpha value is -4.14. The highest BCUT2D eigenvalue weighted by Gasteiger charge is 2.52. The maximum atomic E-state index is 13.0. The normalized spacial score (nSPS) is 17.3. The van der Waals surface area contributed by atoms with Crippen molar-refractivity contribution in [1.82, 2.24) is 15.1 Å². The van der Waals surface area contributed by atoms with Crippen molar-refractivity contribution in [1.29, 1.82) is 0 Å². The average Bonchev–Trinajstić information content (AvgIpc) is 3.66. The zero-order valence-electron chi connectivity index (χ0n) is 23.8. The Balaban J connectivity index is 1.17. The second kappa shape index (κ2) is 10.7. The minimum Gasteiger partial charge on any atom is -0.449 e. The molecule has 1 aliphatic carbocycles. The fraction of sp³-hybridized carbons (Fsp3) is 0.273. The Labute approximate surface area is 241 Å². The molecule has 1 amide bonds.